The van der Waals surface area contributed by atoms with Crippen LogP contribution in [-0.2, 0) is 6.54 Å². The minimum Gasteiger partial charge on any atom is -0.497 e. The molecule has 1 aromatic heterocycles. The first kappa shape index (κ1) is 16.8. The van der Waals surface area contributed by atoms with E-state index in [9.17, 15) is 4.79 Å². The van der Waals surface area contributed by atoms with E-state index in [1.54, 1.807) is 20.3 Å². The van der Waals surface area contributed by atoms with Crippen LogP contribution >= 0.6 is 0 Å². The molecule has 1 heterocycles. The van der Waals surface area contributed by atoms with Gasteiger partial charge in [0.1, 0.15) is 11.5 Å². The van der Waals surface area contributed by atoms with Crippen LogP contribution in [-0.4, -0.2) is 25.1 Å². The fraction of sp³-hybridized carbons (Fsp3) is 0.200. The van der Waals surface area contributed by atoms with Gasteiger partial charge in [0.25, 0.3) is 5.91 Å². The number of pyridine rings is 1. The van der Waals surface area contributed by atoms with Crippen LogP contribution in [0.15, 0.2) is 48.5 Å². The summed E-state index contributed by atoms with van der Waals surface area (Å²) in [5, 5.41) is 3.80. The van der Waals surface area contributed by atoms with E-state index in [0.717, 1.165) is 22.2 Å². The van der Waals surface area contributed by atoms with E-state index in [0.29, 0.717) is 23.6 Å². The molecule has 128 valence electrons. The van der Waals surface area contributed by atoms with Crippen molar-refractivity contribution in [2.45, 2.75) is 13.5 Å². The minimum atomic E-state index is -0.139. The van der Waals surface area contributed by atoms with E-state index in [4.69, 9.17) is 9.47 Å². The molecule has 0 aliphatic carbocycles. The third-order valence-electron chi connectivity index (χ3n) is 4.02. The highest BCUT2D eigenvalue weighted by molar-refractivity contribution is 6.06. The Hall–Kier alpha value is -3.08. The standard InChI is InChI=1S/C20H20N2O3/c1-13-10-17(16-6-4-5-7-18(16)22-13)20(23)21-12-14-8-9-15(24-2)11-19(14)25-3/h4-11H,12H2,1-3H3,(H,21,23). The van der Waals surface area contributed by atoms with Gasteiger partial charge in [0.15, 0.2) is 0 Å². The number of amides is 1. The van der Waals surface area contributed by atoms with Crippen LogP contribution in [0.25, 0.3) is 10.9 Å². The second kappa shape index (κ2) is 7.21. The zero-order valence-electron chi connectivity index (χ0n) is 14.5. The Balaban J connectivity index is 1.84. The Morgan fingerprint density at radius 2 is 1.88 bits per heavy atom. The number of para-hydroxylation sites is 1. The number of nitrogens with zero attached hydrogens (tertiary/aromatic N) is 1. The van der Waals surface area contributed by atoms with Crippen LogP contribution < -0.4 is 14.8 Å². The Morgan fingerprint density at radius 1 is 1.08 bits per heavy atom. The molecule has 0 atom stereocenters. The van der Waals surface area contributed by atoms with Crippen molar-refractivity contribution in [3.8, 4) is 11.5 Å². The molecule has 25 heavy (non-hydrogen) atoms. The average Bonchev–Trinajstić information content (AvgIpc) is 2.65. The highest BCUT2D eigenvalue weighted by Gasteiger charge is 2.13. The van der Waals surface area contributed by atoms with Gasteiger partial charge in [-0.15, -0.1) is 0 Å². The predicted molar refractivity (Wildman–Crippen MR) is 97.2 cm³/mol. The van der Waals surface area contributed by atoms with Gasteiger partial charge < -0.3 is 14.8 Å². The molecule has 1 amide bonds. The number of hydrogen-bond acceptors (Lipinski definition) is 4. The summed E-state index contributed by atoms with van der Waals surface area (Å²) < 4.78 is 10.6. The molecule has 5 nitrogen and oxygen atoms in total. The number of hydrogen-bond donors (Lipinski definition) is 1. The lowest BCUT2D eigenvalue weighted by atomic mass is 10.1. The Bertz CT molecular complexity index is 922. The molecule has 0 fully saturated rings. The van der Waals surface area contributed by atoms with E-state index in [-0.39, 0.29) is 5.91 Å². The highest BCUT2D eigenvalue weighted by Crippen LogP contribution is 2.25. The number of carbonyl (C=O) groups is 1. The summed E-state index contributed by atoms with van der Waals surface area (Å²) in [7, 11) is 3.20. The second-order valence-electron chi connectivity index (χ2n) is 5.69. The van der Waals surface area contributed by atoms with Crippen molar-refractivity contribution in [1.82, 2.24) is 10.3 Å². The van der Waals surface area contributed by atoms with Crippen molar-refractivity contribution < 1.29 is 14.3 Å². The van der Waals surface area contributed by atoms with Crippen molar-refractivity contribution in [2.24, 2.45) is 0 Å². The molecule has 0 radical (unpaired) electrons. The molecular formula is C20H20N2O3. The van der Waals surface area contributed by atoms with Crippen molar-refractivity contribution in [1.29, 1.82) is 0 Å². The maximum Gasteiger partial charge on any atom is 0.252 e. The number of nitrogens with one attached hydrogen (secondary N) is 1. The van der Waals surface area contributed by atoms with E-state index in [1.807, 2.05) is 49.4 Å². The first-order chi connectivity index (χ1) is 12.1. The summed E-state index contributed by atoms with van der Waals surface area (Å²) >= 11 is 0. The zero-order chi connectivity index (χ0) is 17.8. The number of carbonyl (C=O) groups excluding carboxylic acids is 1. The topological polar surface area (TPSA) is 60.5 Å². The first-order valence-corrected chi connectivity index (χ1v) is 7.98. The van der Waals surface area contributed by atoms with Crippen molar-refractivity contribution in [2.75, 3.05) is 14.2 Å². The highest BCUT2D eigenvalue weighted by atomic mass is 16.5. The van der Waals surface area contributed by atoms with Gasteiger partial charge in [-0.3, -0.25) is 9.78 Å². The van der Waals surface area contributed by atoms with Crippen LogP contribution in [0, 0.1) is 6.92 Å². The summed E-state index contributed by atoms with van der Waals surface area (Å²) in [6.07, 6.45) is 0. The maximum atomic E-state index is 12.7. The molecule has 0 aliphatic rings. The molecule has 0 unspecified atom stereocenters. The van der Waals surface area contributed by atoms with E-state index < -0.39 is 0 Å². The number of fused-ring (bicyclic) bond motifs is 1. The summed E-state index contributed by atoms with van der Waals surface area (Å²) in [4.78, 5) is 17.2. The van der Waals surface area contributed by atoms with Gasteiger partial charge in [-0.1, -0.05) is 18.2 Å². The minimum absolute atomic E-state index is 0.139. The first-order valence-electron chi connectivity index (χ1n) is 7.98. The van der Waals surface area contributed by atoms with Crippen LogP contribution in [0.1, 0.15) is 21.6 Å². The SMILES string of the molecule is COc1ccc(CNC(=O)c2cc(C)nc3ccccc23)c(OC)c1. The summed E-state index contributed by atoms with van der Waals surface area (Å²) in [5.41, 5.74) is 3.13. The molecule has 2 aromatic carbocycles. The molecule has 0 saturated heterocycles. The Morgan fingerprint density at radius 3 is 2.64 bits per heavy atom. The third kappa shape index (κ3) is 3.55. The summed E-state index contributed by atoms with van der Waals surface area (Å²) in [6, 6.07) is 15.0. The van der Waals surface area contributed by atoms with Crippen molar-refractivity contribution >= 4 is 16.8 Å². The lowest BCUT2D eigenvalue weighted by Crippen LogP contribution is -2.23. The average molecular weight is 336 g/mol. The molecule has 3 aromatic rings. The van der Waals surface area contributed by atoms with Crippen LogP contribution in [0.3, 0.4) is 0 Å². The molecule has 5 heteroatoms. The maximum absolute atomic E-state index is 12.7. The molecule has 3 rings (SSSR count). The fourth-order valence-corrected chi connectivity index (χ4v) is 2.76. The lowest BCUT2D eigenvalue weighted by molar-refractivity contribution is 0.0952. The molecule has 0 saturated carbocycles. The third-order valence-corrected chi connectivity index (χ3v) is 4.02. The summed E-state index contributed by atoms with van der Waals surface area (Å²) in [6.45, 7) is 2.25. The molecule has 0 bridgehead atoms. The van der Waals surface area contributed by atoms with Crippen LogP contribution in [0.2, 0.25) is 0 Å². The normalized spacial score (nSPS) is 10.5. The van der Waals surface area contributed by atoms with E-state index in [2.05, 4.69) is 10.3 Å². The van der Waals surface area contributed by atoms with Crippen molar-refractivity contribution in [3.63, 3.8) is 0 Å². The van der Waals surface area contributed by atoms with Crippen LogP contribution in [0.5, 0.6) is 11.5 Å². The van der Waals surface area contributed by atoms with E-state index in [1.165, 1.54) is 0 Å². The smallest absolute Gasteiger partial charge is 0.252 e. The zero-order valence-corrected chi connectivity index (χ0v) is 14.5. The van der Waals surface area contributed by atoms with Gasteiger partial charge in [-0.25, -0.2) is 0 Å². The second-order valence-corrected chi connectivity index (χ2v) is 5.69. The van der Waals surface area contributed by atoms with Gasteiger partial charge in [0, 0.05) is 29.3 Å². The van der Waals surface area contributed by atoms with Crippen molar-refractivity contribution in [3.05, 3.63) is 65.4 Å². The number of ether oxygens (including phenoxy) is 2. The molecule has 1 N–H and O–H groups in total. The quantitative estimate of drug-likeness (QED) is 0.775. The Kier molecular flexibility index (Phi) is 4.84. The predicted octanol–water partition coefficient (Wildman–Crippen LogP) is 3.49. The van der Waals surface area contributed by atoms with Crippen LogP contribution in [0.4, 0.5) is 0 Å². The Labute approximate surface area is 146 Å². The monoisotopic (exact) mass is 336 g/mol. The van der Waals surface area contributed by atoms with Gasteiger partial charge >= 0.3 is 0 Å². The van der Waals surface area contributed by atoms with E-state index >= 15 is 0 Å². The van der Waals surface area contributed by atoms with Gasteiger partial charge in [-0.2, -0.15) is 0 Å². The van der Waals surface area contributed by atoms with Gasteiger partial charge in [0.05, 0.1) is 25.3 Å². The summed E-state index contributed by atoms with van der Waals surface area (Å²) in [5.74, 6) is 1.25. The molecule has 0 spiro atoms. The van der Waals surface area contributed by atoms with Gasteiger partial charge in [0.2, 0.25) is 0 Å². The number of aromatic nitrogens is 1. The number of benzene rings is 2. The number of rotatable bonds is 5. The van der Waals surface area contributed by atoms with Gasteiger partial charge in [-0.05, 0) is 31.2 Å². The largest absolute Gasteiger partial charge is 0.497 e. The number of methoxy groups -OCH3 is 2. The molecular weight excluding hydrogens is 316 g/mol. The fourth-order valence-electron chi connectivity index (χ4n) is 2.76. The molecule has 0 aliphatic heterocycles. The number of aryl methyl sites for hydroxylation is 1. The lowest BCUT2D eigenvalue weighted by Gasteiger charge is -2.12.